The van der Waals surface area contributed by atoms with Gasteiger partial charge in [-0.15, -0.1) is 0 Å². The van der Waals surface area contributed by atoms with Crippen molar-refractivity contribution in [3.63, 3.8) is 0 Å². The molecule has 0 bridgehead atoms. The van der Waals surface area contributed by atoms with Gasteiger partial charge in [-0.1, -0.05) is 51.1 Å². The smallest absolute Gasteiger partial charge is 0.0678 e. The molecule has 2 aromatic rings. The summed E-state index contributed by atoms with van der Waals surface area (Å²) in [5.41, 5.74) is 7.80. The molecule has 2 heteroatoms. The van der Waals surface area contributed by atoms with E-state index in [0.717, 1.165) is 6.42 Å². The lowest BCUT2D eigenvalue weighted by atomic mass is 9.86. The second kappa shape index (κ2) is 5.74. The third kappa shape index (κ3) is 3.66. The molecule has 1 unspecified atom stereocenters. The Balaban J connectivity index is 2.28. The number of nitrogens with zero attached hydrogens (tertiary/aromatic N) is 1. The Bertz CT molecular complexity index is 527. The van der Waals surface area contributed by atoms with Crippen LogP contribution in [0.15, 0.2) is 42.5 Å². The Hall–Kier alpha value is -1.70. The van der Waals surface area contributed by atoms with Crippen molar-refractivity contribution < 1.29 is 0 Å². The summed E-state index contributed by atoms with van der Waals surface area (Å²) in [4.78, 5) is 0. The van der Waals surface area contributed by atoms with E-state index in [2.05, 4.69) is 87.2 Å². The number of hydrogen-bond donors (Lipinski definition) is 1. The van der Waals surface area contributed by atoms with Crippen LogP contribution in [-0.2, 0) is 0 Å². The van der Waals surface area contributed by atoms with Gasteiger partial charge in [-0.25, -0.2) is 0 Å². The number of benzene rings is 1. The van der Waals surface area contributed by atoms with Crippen molar-refractivity contribution in [1.82, 2.24) is 4.68 Å². The number of aromatic nitrogens is 1. The first kappa shape index (κ1) is 14.7. The zero-order valence-corrected chi connectivity index (χ0v) is 13.3. The van der Waals surface area contributed by atoms with Crippen LogP contribution in [0.3, 0.4) is 0 Å². The molecule has 1 aromatic heterocycles. The fourth-order valence-corrected chi connectivity index (χ4v) is 2.56. The molecule has 2 rings (SSSR count). The Morgan fingerprint density at radius 3 is 2.00 bits per heavy atom. The fraction of sp³-hybridized carbons (Fsp3) is 0.444. The van der Waals surface area contributed by atoms with Crippen molar-refractivity contribution in [1.29, 1.82) is 0 Å². The van der Waals surface area contributed by atoms with E-state index in [1.807, 2.05) is 0 Å². The number of rotatable bonds is 4. The maximum Gasteiger partial charge on any atom is 0.0678 e. The van der Waals surface area contributed by atoms with Crippen LogP contribution >= 0.6 is 0 Å². The van der Waals surface area contributed by atoms with E-state index in [-0.39, 0.29) is 5.41 Å². The Labute approximate surface area is 122 Å². The van der Waals surface area contributed by atoms with Crippen molar-refractivity contribution in [2.75, 3.05) is 5.43 Å². The highest BCUT2D eigenvalue weighted by atomic mass is 15.4. The van der Waals surface area contributed by atoms with Gasteiger partial charge in [-0.05, 0) is 43.4 Å². The van der Waals surface area contributed by atoms with Crippen LogP contribution in [0.5, 0.6) is 0 Å². The quantitative estimate of drug-likeness (QED) is 0.842. The molecule has 1 heterocycles. The molecule has 1 N–H and O–H groups in total. The average Bonchev–Trinajstić information content (AvgIpc) is 2.69. The summed E-state index contributed by atoms with van der Waals surface area (Å²) < 4.78 is 2.20. The lowest BCUT2D eigenvalue weighted by molar-refractivity contribution is 0.342. The van der Waals surface area contributed by atoms with E-state index >= 15 is 0 Å². The van der Waals surface area contributed by atoms with Gasteiger partial charge in [0, 0.05) is 11.4 Å². The Kier molecular flexibility index (Phi) is 4.22. The standard InChI is InChI=1S/C18H26N2/c1-14-11-12-15(2)20(14)19-17(13-18(3,4)5)16-9-7-6-8-10-16/h6-12,17,19H,13H2,1-5H3. The molecule has 0 fully saturated rings. The van der Waals surface area contributed by atoms with Crippen molar-refractivity contribution >= 4 is 0 Å². The summed E-state index contributed by atoms with van der Waals surface area (Å²) in [6.45, 7) is 11.2. The SMILES string of the molecule is Cc1ccc(C)n1NC(CC(C)(C)C)c1ccccc1. The predicted octanol–water partition coefficient (Wildman–Crippen LogP) is 4.83. The van der Waals surface area contributed by atoms with Gasteiger partial charge in [0.05, 0.1) is 6.04 Å². The highest BCUT2D eigenvalue weighted by Gasteiger charge is 2.21. The maximum absolute atomic E-state index is 3.69. The summed E-state index contributed by atoms with van der Waals surface area (Å²) in [5, 5.41) is 0. The monoisotopic (exact) mass is 270 g/mol. The van der Waals surface area contributed by atoms with Gasteiger partial charge >= 0.3 is 0 Å². The van der Waals surface area contributed by atoms with Crippen molar-refractivity contribution in [3.8, 4) is 0 Å². The van der Waals surface area contributed by atoms with Crippen LogP contribution in [-0.4, -0.2) is 4.68 Å². The molecule has 1 atom stereocenters. The van der Waals surface area contributed by atoms with Gasteiger partial charge in [-0.2, -0.15) is 0 Å². The molecular formula is C18H26N2. The van der Waals surface area contributed by atoms with Crippen LogP contribution in [0.25, 0.3) is 0 Å². The minimum Gasteiger partial charge on any atom is -0.318 e. The second-order valence-corrected chi connectivity index (χ2v) is 6.81. The van der Waals surface area contributed by atoms with E-state index in [4.69, 9.17) is 0 Å². The van der Waals surface area contributed by atoms with Crippen LogP contribution in [0.2, 0.25) is 0 Å². The van der Waals surface area contributed by atoms with Gasteiger partial charge in [-0.3, -0.25) is 4.68 Å². The Morgan fingerprint density at radius 1 is 0.950 bits per heavy atom. The normalized spacial score (nSPS) is 13.2. The highest BCUT2D eigenvalue weighted by Crippen LogP contribution is 2.30. The van der Waals surface area contributed by atoms with Gasteiger partial charge in [0.25, 0.3) is 0 Å². The molecule has 0 radical (unpaired) electrons. The van der Waals surface area contributed by atoms with Crippen LogP contribution < -0.4 is 5.43 Å². The average molecular weight is 270 g/mol. The van der Waals surface area contributed by atoms with Crippen LogP contribution in [0, 0.1) is 19.3 Å². The second-order valence-electron chi connectivity index (χ2n) is 6.81. The highest BCUT2D eigenvalue weighted by molar-refractivity contribution is 5.24. The number of hydrogen-bond acceptors (Lipinski definition) is 1. The molecule has 0 aliphatic heterocycles. The molecule has 0 saturated heterocycles. The summed E-state index contributed by atoms with van der Waals surface area (Å²) in [6, 6.07) is 15.3. The molecule has 0 aliphatic carbocycles. The number of nitrogens with one attached hydrogen (secondary N) is 1. The number of aryl methyl sites for hydroxylation is 2. The zero-order valence-electron chi connectivity index (χ0n) is 13.3. The van der Waals surface area contributed by atoms with Gasteiger partial charge < -0.3 is 5.43 Å². The molecule has 0 amide bonds. The summed E-state index contributed by atoms with van der Waals surface area (Å²) >= 11 is 0. The third-order valence-electron chi connectivity index (χ3n) is 3.57. The molecular weight excluding hydrogens is 244 g/mol. The van der Waals surface area contributed by atoms with E-state index in [1.165, 1.54) is 17.0 Å². The van der Waals surface area contributed by atoms with Gasteiger partial charge in [0.1, 0.15) is 0 Å². The lowest BCUT2D eigenvalue weighted by Gasteiger charge is -2.29. The Morgan fingerprint density at radius 2 is 1.50 bits per heavy atom. The van der Waals surface area contributed by atoms with Crippen molar-refractivity contribution in [2.24, 2.45) is 5.41 Å². The molecule has 0 saturated carbocycles. The molecule has 0 aliphatic rings. The fourth-order valence-electron chi connectivity index (χ4n) is 2.56. The lowest BCUT2D eigenvalue weighted by Crippen LogP contribution is -2.26. The first-order valence-electron chi connectivity index (χ1n) is 7.33. The maximum atomic E-state index is 3.69. The minimum atomic E-state index is 0.280. The van der Waals surface area contributed by atoms with E-state index < -0.39 is 0 Å². The molecule has 1 aromatic carbocycles. The van der Waals surface area contributed by atoms with E-state index in [0.29, 0.717) is 6.04 Å². The molecule has 0 spiro atoms. The van der Waals surface area contributed by atoms with E-state index in [9.17, 15) is 0 Å². The van der Waals surface area contributed by atoms with Gasteiger partial charge in [0.2, 0.25) is 0 Å². The molecule has 2 nitrogen and oxygen atoms in total. The zero-order chi connectivity index (χ0) is 14.8. The topological polar surface area (TPSA) is 17.0 Å². The molecule has 108 valence electrons. The van der Waals surface area contributed by atoms with Crippen LogP contribution in [0.4, 0.5) is 0 Å². The van der Waals surface area contributed by atoms with Crippen LogP contribution in [0.1, 0.15) is 50.2 Å². The van der Waals surface area contributed by atoms with E-state index in [1.54, 1.807) is 0 Å². The molecule has 20 heavy (non-hydrogen) atoms. The first-order chi connectivity index (χ1) is 9.37. The first-order valence-corrected chi connectivity index (χ1v) is 7.33. The summed E-state index contributed by atoms with van der Waals surface area (Å²) in [5.74, 6) is 0. The summed E-state index contributed by atoms with van der Waals surface area (Å²) in [7, 11) is 0. The minimum absolute atomic E-state index is 0.280. The van der Waals surface area contributed by atoms with Crippen molar-refractivity contribution in [3.05, 3.63) is 59.4 Å². The third-order valence-corrected chi connectivity index (χ3v) is 3.57. The summed E-state index contributed by atoms with van der Waals surface area (Å²) in [6.07, 6.45) is 1.09. The van der Waals surface area contributed by atoms with Crippen molar-refractivity contribution in [2.45, 2.75) is 47.1 Å². The van der Waals surface area contributed by atoms with Gasteiger partial charge in [0.15, 0.2) is 0 Å². The predicted molar refractivity (Wildman–Crippen MR) is 86.5 cm³/mol. The largest absolute Gasteiger partial charge is 0.318 e.